The maximum Gasteiger partial charge on any atom is 0.222 e. The standard InChI is InChI=1S/C42H66N2O/c1-9-32(8)40-22-21-35(26-37(40)29-43-23-13-12-14-24-43)36(27-38(10-2)44-25-15-16-42(44)45)28-41(31(6)7)34-19-17-33(18-20-34)39(11-3)30(4)5/h17-22,26,30-32,36,38-39,41H,9-16,23-25,27-29H2,1-8H3. The lowest BCUT2D eigenvalue weighted by Crippen LogP contribution is -2.37. The lowest BCUT2D eigenvalue weighted by Gasteiger charge is -2.34. The Morgan fingerprint density at radius 3 is 1.82 bits per heavy atom. The summed E-state index contributed by atoms with van der Waals surface area (Å²) in [4.78, 5) is 17.9. The van der Waals surface area contributed by atoms with Gasteiger partial charge in [-0.05, 0) is 128 Å². The molecule has 0 aromatic heterocycles. The molecule has 2 fully saturated rings. The minimum Gasteiger partial charge on any atom is -0.340 e. The van der Waals surface area contributed by atoms with Gasteiger partial charge < -0.3 is 4.90 Å². The number of carbonyl (C=O) groups is 1. The van der Waals surface area contributed by atoms with Crippen LogP contribution in [0.1, 0.15) is 171 Å². The number of likely N-dealkylation sites (tertiary alicyclic amines) is 2. The Hall–Kier alpha value is -2.13. The number of piperidine rings is 1. The second-order valence-corrected chi connectivity index (χ2v) is 15.3. The summed E-state index contributed by atoms with van der Waals surface area (Å²) < 4.78 is 0. The molecule has 45 heavy (non-hydrogen) atoms. The van der Waals surface area contributed by atoms with Crippen LogP contribution in [0, 0.1) is 11.8 Å². The van der Waals surface area contributed by atoms with Crippen molar-refractivity contribution in [3.05, 3.63) is 70.3 Å². The quantitative estimate of drug-likeness (QED) is 0.188. The van der Waals surface area contributed by atoms with Gasteiger partial charge in [0, 0.05) is 25.6 Å². The van der Waals surface area contributed by atoms with Crippen LogP contribution < -0.4 is 0 Å². The van der Waals surface area contributed by atoms with Gasteiger partial charge in [0.05, 0.1) is 0 Å². The first-order valence-electron chi connectivity index (χ1n) is 18.9. The third-order valence-corrected chi connectivity index (χ3v) is 11.6. The van der Waals surface area contributed by atoms with E-state index in [1.165, 1.54) is 61.9 Å². The van der Waals surface area contributed by atoms with Crippen molar-refractivity contribution in [3.8, 4) is 0 Å². The highest BCUT2D eigenvalue weighted by Crippen LogP contribution is 2.41. The Morgan fingerprint density at radius 1 is 0.667 bits per heavy atom. The predicted molar refractivity (Wildman–Crippen MR) is 193 cm³/mol. The van der Waals surface area contributed by atoms with Crippen molar-refractivity contribution in [2.45, 2.75) is 156 Å². The average Bonchev–Trinajstić information content (AvgIpc) is 3.47. The Bertz CT molecular complexity index is 1180. The van der Waals surface area contributed by atoms with E-state index in [0.29, 0.717) is 47.5 Å². The van der Waals surface area contributed by atoms with Gasteiger partial charge in [-0.1, -0.05) is 104 Å². The smallest absolute Gasteiger partial charge is 0.222 e. The van der Waals surface area contributed by atoms with Crippen LogP contribution in [0.4, 0.5) is 0 Å². The molecule has 0 aliphatic carbocycles. The third-order valence-electron chi connectivity index (χ3n) is 11.6. The highest BCUT2D eigenvalue weighted by molar-refractivity contribution is 5.78. The number of hydrogen-bond acceptors (Lipinski definition) is 2. The van der Waals surface area contributed by atoms with E-state index in [9.17, 15) is 4.79 Å². The summed E-state index contributed by atoms with van der Waals surface area (Å²) in [6, 6.07) is 17.6. The van der Waals surface area contributed by atoms with Crippen LogP contribution in [0.5, 0.6) is 0 Å². The fourth-order valence-electron chi connectivity index (χ4n) is 8.52. The summed E-state index contributed by atoms with van der Waals surface area (Å²) in [5, 5.41) is 0. The molecule has 0 radical (unpaired) electrons. The molecule has 5 unspecified atom stereocenters. The fraction of sp³-hybridized carbons (Fsp3) is 0.690. The van der Waals surface area contributed by atoms with Crippen LogP contribution in [0.15, 0.2) is 42.5 Å². The molecular weight excluding hydrogens is 548 g/mol. The zero-order valence-electron chi connectivity index (χ0n) is 30.3. The summed E-state index contributed by atoms with van der Waals surface area (Å²) in [7, 11) is 0. The molecule has 2 aromatic rings. The normalized spacial score (nSPS) is 19.7. The lowest BCUT2D eigenvalue weighted by molar-refractivity contribution is -0.129. The van der Waals surface area contributed by atoms with E-state index in [1.54, 1.807) is 11.1 Å². The number of amides is 1. The SMILES string of the molecule is CCC(C)c1ccc(C(CC(c2ccc(C(CC)C(C)C)cc2)C(C)C)CC(CC)N2CCCC2=O)cc1CN1CCCCC1. The number of rotatable bonds is 16. The highest BCUT2D eigenvalue weighted by atomic mass is 16.2. The fourth-order valence-corrected chi connectivity index (χ4v) is 8.52. The number of hydrogen-bond donors (Lipinski definition) is 0. The van der Waals surface area contributed by atoms with Crippen molar-refractivity contribution >= 4 is 5.91 Å². The maximum absolute atomic E-state index is 13.0. The van der Waals surface area contributed by atoms with Gasteiger partial charge in [-0.25, -0.2) is 0 Å². The molecule has 0 saturated carbocycles. The van der Waals surface area contributed by atoms with Gasteiger partial charge in [0.2, 0.25) is 5.91 Å². The summed E-state index contributed by atoms with van der Waals surface area (Å²) in [5.74, 6) is 3.66. The maximum atomic E-state index is 13.0. The first-order chi connectivity index (χ1) is 21.7. The minimum absolute atomic E-state index is 0.316. The molecule has 3 nitrogen and oxygen atoms in total. The van der Waals surface area contributed by atoms with Gasteiger partial charge in [-0.15, -0.1) is 0 Å². The number of benzene rings is 2. The van der Waals surface area contributed by atoms with E-state index < -0.39 is 0 Å². The van der Waals surface area contributed by atoms with Gasteiger partial charge in [0.15, 0.2) is 0 Å². The molecular formula is C42H66N2O. The van der Waals surface area contributed by atoms with Crippen LogP contribution in [0.2, 0.25) is 0 Å². The number of carbonyl (C=O) groups excluding carboxylic acids is 1. The van der Waals surface area contributed by atoms with Crippen LogP contribution >= 0.6 is 0 Å². The van der Waals surface area contributed by atoms with E-state index in [2.05, 4.69) is 108 Å². The Morgan fingerprint density at radius 2 is 1.29 bits per heavy atom. The van der Waals surface area contributed by atoms with Crippen LogP contribution in [0.3, 0.4) is 0 Å². The van der Waals surface area contributed by atoms with Crippen LogP contribution in [-0.4, -0.2) is 41.4 Å². The lowest BCUT2D eigenvalue weighted by atomic mass is 9.75. The molecule has 2 aromatic carbocycles. The van der Waals surface area contributed by atoms with Gasteiger partial charge in [0.1, 0.15) is 0 Å². The second kappa shape index (κ2) is 17.1. The minimum atomic E-state index is 0.316. The van der Waals surface area contributed by atoms with Crippen molar-refractivity contribution in [3.63, 3.8) is 0 Å². The predicted octanol–water partition coefficient (Wildman–Crippen LogP) is 11.0. The zero-order chi connectivity index (χ0) is 32.5. The molecule has 2 heterocycles. The molecule has 2 aliphatic rings. The molecule has 5 atom stereocenters. The monoisotopic (exact) mass is 615 g/mol. The summed E-state index contributed by atoms with van der Waals surface area (Å²) in [5.41, 5.74) is 7.54. The van der Waals surface area contributed by atoms with E-state index in [4.69, 9.17) is 0 Å². The first kappa shape index (κ1) is 35.7. The Balaban J connectivity index is 1.70. The van der Waals surface area contributed by atoms with Crippen molar-refractivity contribution in [1.82, 2.24) is 9.80 Å². The Kier molecular flexibility index (Phi) is 13.6. The topological polar surface area (TPSA) is 23.6 Å². The summed E-state index contributed by atoms with van der Waals surface area (Å²) in [6.45, 7) is 23.3. The second-order valence-electron chi connectivity index (χ2n) is 15.3. The van der Waals surface area contributed by atoms with Gasteiger partial charge >= 0.3 is 0 Å². The van der Waals surface area contributed by atoms with Crippen molar-refractivity contribution in [1.29, 1.82) is 0 Å². The molecule has 1 amide bonds. The van der Waals surface area contributed by atoms with Crippen LogP contribution in [-0.2, 0) is 11.3 Å². The van der Waals surface area contributed by atoms with Gasteiger partial charge in [0.25, 0.3) is 0 Å². The highest BCUT2D eigenvalue weighted by Gasteiger charge is 2.32. The van der Waals surface area contributed by atoms with E-state index >= 15 is 0 Å². The molecule has 0 N–H and O–H groups in total. The van der Waals surface area contributed by atoms with Gasteiger partial charge in [-0.3, -0.25) is 9.69 Å². The molecule has 0 bridgehead atoms. The summed E-state index contributed by atoms with van der Waals surface area (Å²) >= 11 is 0. The van der Waals surface area contributed by atoms with E-state index in [-0.39, 0.29) is 0 Å². The number of nitrogens with zero attached hydrogens (tertiary/aromatic N) is 2. The molecule has 250 valence electrons. The largest absolute Gasteiger partial charge is 0.340 e. The molecule has 0 spiro atoms. The molecule has 2 saturated heterocycles. The average molecular weight is 615 g/mol. The Labute approximate surface area is 277 Å². The van der Waals surface area contributed by atoms with E-state index in [0.717, 1.165) is 45.2 Å². The van der Waals surface area contributed by atoms with Crippen LogP contribution in [0.25, 0.3) is 0 Å². The van der Waals surface area contributed by atoms with E-state index in [1.807, 2.05) is 0 Å². The third kappa shape index (κ3) is 9.24. The van der Waals surface area contributed by atoms with Gasteiger partial charge in [-0.2, -0.15) is 0 Å². The summed E-state index contributed by atoms with van der Waals surface area (Å²) in [6.07, 6.45) is 11.3. The van der Waals surface area contributed by atoms with Crippen molar-refractivity contribution < 1.29 is 4.79 Å². The molecule has 2 aliphatic heterocycles. The molecule has 4 rings (SSSR count). The van der Waals surface area contributed by atoms with Crippen molar-refractivity contribution in [2.24, 2.45) is 11.8 Å². The zero-order valence-corrected chi connectivity index (χ0v) is 30.3. The first-order valence-corrected chi connectivity index (χ1v) is 18.9. The van der Waals surface area contributed by atoms with Crippen molar-refractivity contribution in [2.75, 3.05) is 19.6 Å². The molecule has 3 heteroatoms.